The summed E-state index contributed by atoms with van der Waals surface area (Å²) >= 11 is 0. The molecule has 0 spiro atoms. The van der Waals surface area contributed by atoms with Crippen LogP contribution >= 0.6 is 0 Å². The Labute approximate surface area is 106 Å². The molecule has 0 saturated carbocycles. The largest absolute Gasteiger partial charge is 0.494 e. The van der Waals surface area contributed by atoms with Gasteiger partial charge in [0.15, 0.2) is 6.61 Å². The Morgan fingerprint density at radius 1 is 0.944 bits per heavy atom. The summed E-state index contributed by atoms with van der Waals surface area (Å²) in [5.74, 6) is 2.69. The number of nitrogens with zero attached hydrogens (tertiary/aromatic N) is 2. The van der Waals surface area contributed by atoms with E-state index in [9.17, 15) is 0 Å². The number of rotatable bonds is 6. The topological polar surface area (TPSA) is 57.4 Å². The molecule has 2 rings (SSSR count). The van der Waals surface area contributed by atoms with E-state index in [0.717, 1.165) is 17.9 Å². The number of aryl methyl sites for hydroxylation is 1. The molecule has 0 radical (unpaired) electrons. The van der Waals surface area contributed by atoms with E-state index in [0.29, 0.717) is 18.4 Å². The summed E-state index contributed by atoms with van der Waals surface area (Å²) < 4.78 is 16.2. The maximum absolute atomic E-state index is 5.53. The molecule has 0 amide bonds. The van der Waals surface area contributed by atoms with Crippen molar-refractivity contribution in [3.8, 4) is 11.5 Å². The van der Waals surface area contributed by atoms with E-state index in [-0.39, 0.29) is 6.61 Å². The summed E-state index contributed by atoms with van der Waals surface area (Å²) in [6.45, 7) is 4.85. The number of hydrogen-bond acceptors (Lipinski definition) is 5. The van der Waals surface area contributed by atoms with Crippen LogP contribution in [-0.4, -0.2) is 16.8 Å². The van der Waals surface area contributed by atoms with E-state index in [2.05, 4.69) is 10.2 Å². The molecule has 0 fully saturated rings. The highest BCUT2D eigenvalue weighted by atomic mass is 16.5. The monoisotopic (exact) mass is 248 g/mol. The second-order valence-corrected chi connectivity index (χ2v) is 3.64. The van der Waals surface area contributed by atoms with Gasteiger partial charge in [-0.2, -0.15) is 0 Å². The summed E-state index contributed by atoms with van der Waals surface area (Å²) in [5.41, 5.74) is 0. The Morgan fingerprint density at radius 2 is 1.56 bits per heavy atom. The van der Waals surface area contributed by atoms with Crippen LogP contribution in [0.4, 0.5) is 0 Å². The van der Waals surface area contributed by atoms with E-state index >= 15 is 0 Å². The standard InChI is InChI=1S/C13H16N2O3/c1-3-12-14-15-13(18-12)9-17-11-7-5-10(6-8-11)16-4-2/h5-8H,3-4,9H2,1-2H3. The van der Waals surface area contributed by atoms with E-state index < -0.39 is 0 Å². The Balaban J connectivity index is 1.89. The predicted octanol–water partition coefficient (Wildman–Crippen LogP) is 2.61. The second-order valence-electron chi connectivity index (χ2n) is 3.64. The minimum atomic E-state index is 0.279. The third-order valence-electron chi connectivity index (χ3n) is 2.31. The van der Waals surface area contributed by atoms with Crippen LogP contribution in [0.2, 0.25) is 0 Å². The van der Waals surface area contributed by atoms with Crippen molar-refractivity contribution in [2.24, 2.45) is 0 Å². The molecule has 0 N–H and O–H groups in total. The van der Waals surface area contributed by atoms with E-state index in [1.165, 1.54) is 0 Å². The molecule has 1 heterocycles. The molecule has 2 aromatic rings. The lowest BCUT2D eigenvalue weighted by atomic mass is 10.3. The van der Waals surface area contributed by atoms with Gasteiger partial charge in [0.2, 0.25) is 5.89 Å². The SMILES string of the molecule is CCOc1ccc(OCc2nnc(CC)o2)cc1. The zero-order valence-electron chi connectivity index (χ0n) is 10.5. The lowest BCUT2D eigenvalue weighted by Gasteiger charge is -2.05. The third kappa shape index (κ3) is 3.23. The average molecular weight is 248 g/mol. The van der Waals surface area contributed by atoms with Crippen molar-refractivity contribution in [2.45, 2.75) is 26.9 Å². The molecule has 5 nitrogen and oxygen atoms in total. The highest BCUT2D eigenvalue weighted by Crippen LogP contribution is 2.18. The zero-order chi connectivity index (χ0) is 12.8. The Hall–Kier alpha value is -2.04. The van der Waals surface area contributed by atoms with Gasteiger partial charge in [0, 0.05) is 6.42 Å². The molecule has 1 aromatic carbocycles. The number of aromatic nitrogens is 2. The Bertz CT molecular complexity index is 479. The van der Waals surface area contributed by atoms with Crippen LogP contribution in [0.25, 0.3) is 0 Å². The fourth-order valence-corrected chi connectivity index (χ4v) is 1.43. The molecular weight excluding hydrogens is 232 g/mol. The highest BCUT2D eigenvalue weighted by molar-refractivity contribution is 5.31. The van der Waals surface area contributed by atoms with Gasteiger partial charge in [0.05, 0.1) is 6.61 Å². The van der Waals surface area contributed by atoms with Crippen molar-refractivity contribution >= 4 is 0 Å². The highest BCUT2D eigenvalue weighted by Gasteiger charge is 2.05. The minimum Gasteiger partial charge on any atom is -0.494 e. The van der Waals surface area contributed by atoms with Gasteiger partial charge < -0.3 is 13.9 Å². The molecule has 0 saturated heterocycles. The quantitative estimate of drug-likeness (QED) is 0.786. The lowest BCUT2D eigenvalue weighted by Crippen LogP contribution is -1.96. The van der Waals surface area contributed by atoms with Crippen molar-refractivity contribution in [2.75, 3.05) is 6.61 Å². The first-order valence-electron chi connectivity index (χ1n) is 5.98. The number of hydrogen-bond donors (Lipinski definition) is 0. The predicted molar refractivity (Wildman–Crippen MR) is 65.6 cm³/mol. The van der Waals surface area contributed by atoms with Gasteiger partial charge >= 0.3 is 0 Å². The van der Waals surface area contributed by atoms with Crippen molar-refractivity contribution in [1.82, 2.24) is 10.2 Å². The van der Waals surface area contributed by atoms with Gasteiger partial charge in [-0.15, -0.1) is 10.2 Å². The molecular formula is C13H16N2O3. The van der Waals surface area contributed by atoms with Gasteiger partial charge in [0.25, 0.3) is 5.89 Å². The molecule has 0 unspecified atom stereocenters. The van der Waals surface area contributed by atoms with Crippen LogP contribution in [0.15, 0.2) is 28.7 Å². The first kappa shape index (κ1) is 12.4. The summed E-state index contributed by atoms with van der Waals surface area (Å²) in [7, 11) is 0. The average Bonchev–Trinajstić information content (AvgIpc) is 2.86. The van der Waals surface area contributed by atoms with Crippen molar-refractivity contribution in [1.29, 1.82) is 0 Å². The fourth-order valence-electron chi connectivity index (χ4n) is 1.43. The molecule has 0 atom stereocenters. The normalized spacial score (nSPS) is 10.3. The molecule has 0 bridgehead atoms. The van der Waals surface area contributed by atoms with Crippen molar-refractivity contribution in [3.05, 3.63) is 36.0 Å². The first-order chi connectivity index (χ1) is 8.81. The van der Waals surface area contributed by atoms with Crippen LogP contribution < -0.4 is 9.47 Å². The van der Waals surface area contributed by atoms with Crippen molar-refractivity contribution < 1.29 is 13.9 Å². The van der Waals surface area contributed by atoms with Crippen LogP contribution in [0, 0.1) is 0 Å². The molecule has 0 aliphatic heterocycles. The number of ether oxygens (including phenoxy) is 2. The zero-order valence-corrected chi connectivity index (χ0v) is 10.5. The Kier molecular flexibility index (Phi) is 4.17. The summed E-state index contributed by atoms with van der Waals surface area (Å²) in [6.07, 6.45) is 0.732. The number of benzene rings is 1. The van der Waals surface area contributed by atoms with E-state index in [1.54, 1.807) is 0 Å². The van der Waals surface area contributed by atoms with Gasteiger partial charge in [-0.05, 0) is 31.2 Å². The van der Waals surface area contributed by atoms with Gasteiger partial charge in [-0.1, -0.05) is 6.92 Å². The maximum Gasteiger partial charge on any atom is 0.253 e. The van der Waals surface area contributed by atoms with Gasteiger partial charge in [-0.25, -0.2) is 0 Å². The minimum absolute atomic E-state index is 0.279. The van der Waals surface area contributed by atoms with Gasteiger partial charge in [-0.3, -0.25) is 0 Å². The van der Waals surface area contributed by atoms with Crippen molar-refractivity contribution in [3.63, 3.8) is 0 Å². The van der Waals surface area contributed by atoms with Crippen LogP contribution in [0.5, 0.6) is 11.5 Å². The molecule has 96 valence electrons. The third-order valence-corrected chi connectivity index (χ3v) is 2.31. The molecule has 18 heavy (non-hydrogen) atoms. The van der Waals surface area contributed by atoms with Crippen LogP contribution in [0.1, 0.15) is 25.6 Å². The maximum atomic E-state index is 5.53. The second kappa shape index (κ2) is 6.05. The molecule has 5 heteroatoms. The molecule has 0 aliphatic carbocycles. The Morgan fingerprint density at radius 3 is 2.11 bits per heavy atom. The molecule has 1 aromatic heterocycles. The van der Waals surface area contributed by atoms with Crippen LogP contribution in [0.3, 0.4) is 0 Å². The van der Waals surface area contributed by atoms with E-state index in [1.807, 2.05) is 38.1 Å². The smallest absolute Gasteiger partial charge is 0.253 e. The van der Waals surface area contributed by atoms with E-state index in [4.69, 9.17) is 13.9 Å². The van der Waals surface area contributed by atoms with Crippen LogP contribution in [-0.2, 0) is 13.0 Å². The molecule has 0 aliphatic rings. The summed E-state index contributed by atoms with van der Waals surface area (Å²) in [5, 5.41) is 7.75. The lowest BCUT2D eigenvalue weighted by molar-refractivity contribution is 0.258. The first-order valence-corrected chi connectivity index (χ1v) is 5.98. The summed E-state index contributed by atoms with van der Waals surface area (Å²) in [4.78, 5) is 0. The van der Waals surface area contributed by atoms with Gasteiger partial charge in [0.1, 0.15) is 11.5 Å². The fraction of sp³-hybridized carbons (Fsp3) is 0.385. The summed E-state index contributed by atoms with van der Waals surface area (Å²) in [6, 6.07) is 7.43.